The molecule has 0 spiro atoms. The number of hydrogen-bond donors (Lipinski definition) is 1. The van der Waals surface area contributed by atoms with Gasteiger partial charge in [0, 0.05) is 24.2 Å². The lowest BCUT2D eigenvalue weighted by atomic mass is 10.0. The fourth-order valence-electron chi connectivity index (χ4n) is 4.84. The molecule has 1 N–H and O–H groups in total. The largest absolute Gasteiger partial charge is 0.454 e. The molecule has 0 bridgehead atoms. The molecule has 0 saturated heterocycles. The summed E-state index contributed by atoms with van der Waals surface area (Å²) >= 11 is 0. The zero-order valence-electron chi connectivity index (χ0n) is 22.1. The molecule has 1 aliphatic heterocycles. The van der Waals surface area contributed by atoms with Crippen LogP contribution in [-0.4, -0.2) is 36.9 Å². The van der Waals surface area contributed by atoms with E-state index in [2.05, 4.69) is 66.1 Å². The molecule has 5 rings (SSSR count). The van der Waals surface area contributed by atoms with Crippen molar-refractivity contribution in [1.82, 2.24) is 30.1 Å². The van der Waals surface area contributed by atoms with Crippen LogP contribution in [-0.2, 0) is 18.6 Å². The molecule has 2 aromatic heterocycles. The van der Waals surface area contributed by atoms with Gasteiger partial charge in [0.15, 0.2) is 17.3 Å². The Morgan fingerprint density at radius 1 is 1.08 bits per heavy atom. The SMILES string of the molecule is CC[C@H](c1nnnn1C(C)(C)CC)N(Cc1ccc2c(c1)OCO2)Cc1cc2cc(C)ccc2[nH]c1=O. The van der Waals surface area contributed by atoms with E-state index in [9.17, 15) is 4.79 Å². The Morgan fingerprint density at radius 3 is 2.68 bits per heavy atom. The third kappa shape index (κ3) is 4.96. The normalized spacial score (nSPS) is 14.0. The number of aromatic amines is 1. The summed E-state index contributed by atoms with van der Waals surface area (Å²) < 4.78 is 13.1. The summed E-state index contributed by atoms with van der Waals surface area (Å²) in [5.74, 6) is 2.28. The number of ether oxygens (including phenoxy) is 2. The summed E-state index contributed by atoms with van der Waals surface area (Å²) in [6.45, 7) is 11.8. The zero-order chi connectivity index (χ0) is 26.2. The first kappa shape index (κ1) is 25.0. The van der Waals surface area contributed by atoms with Crippen molar-refractivity contribution in [3.05, 3.63) is 75.3 Å². The molecule has 1 aliphatic rings. The first-order valence-corrected chi connectivity index (χ1v) is 12.8. The van der Waals surface area contributed by atoms with E-state index in [0.29, 0.717) is 18.7 Å². The first-order chi connectivity index (χ1) is 17.8. The highest BCUT2D eigenvalue weighted by Crippen LogP contribution is 2.35. The highest BCUT2D eigenvalue weighted by atomic mass is 16.7. The molecule has 0 amide bonds. The fraction of sp³-hybridized carbons (Fsp3) is 0.429. The van der Waals surface area contributed by atoms with Gasteiger partial charge < -0.3 is 14.5 Å². The minimum Gasteiger partial charge on any atom is -0.454 e. The van der Waals surface area contributed by atoms with Gasteiger partial charge in [-0.15, -0.1) is 5.10 Å². The lowest BCUT2D eigenvalue weighted by Crippen LogP contribution is -2.36. The number of aryl methyl sites for hydroxylation is 1. The number of nitrogens with one attached hydrogen (secondary N) is 1. The lowest BCUT2D eigenvalue weighted by molar-refractivity contribution is 0.150. The molecule has 3 heterocycles. The molecule has 37 heavy (non-hydrogen) atoms. The van der Waals surface area contributed by atoms with Gasteiger partial charge in [-0.3, -0.25) is 9.69 Å². The van der Waals surface area contributed by atoms with Gasteiger partial charge in [0.2, 0.25) is 6.79 Å². The molecule has 4 aromatic rings. The Balaban J connectivity index is 1.56. The summed E-state index contributed by atoms with van der Waals surface area (Å²) in [6, 6.07) is 13.9. The van der Waals surface area contributed by atoms with Crippen molar-refractivity contribution >= 4 is 10.9 Å². The van der Waals surface area contributed by atoms with E-state index in [1.807, 2.05) is 41.1 Å². The first-order valence-electron chi connectivity index (χ1n) is 12.8. The Hall–Kier alpha value is -3.72. The molecule has 194 valence electrons. The van der Waals surface area contributed by atoms with E-state index in [4.69, 9.17) is 9.47 Å². The van der Waals surface area contributed by atoms with Crippen molar-refractivity contribution in [3.8, 4) is 11.5 Å². The Labute approximate surface area is 216 Å². The molecular weight excluding hydrogens is 468 g/mol. The van der Waals surface area contributed by atoms with Crippen molar-refractivity contribution in [2.75, 3.05) is 6.79 Å². The van der Waals surface area contributed by atoms with Crippen molar-refractivity contribution in [1.29, 1.82) is 0 Å². The number of tetrazole rings is 1. The van der Waals surface area contributed by atoms with Gasteiger partial charge in [0.25, 0.3) is 5.56 Å². The third-order valence-electron chi connectivity index (χ3n) is 7.33. The molecule has 0 saturated carbocycles. The van der Waals surface area contributed by atoms with Gasteiger partial charge in [0.05, 0.1) is 11.6 Å². The van der Waals surface area contributed by atoms with Gasteiger partial charge in [-0.25, -0.2) is 4.68 Å². The Kier molecular flexibility index (Phi) is 6.72. The van der Waals surface area contributed by atoms with E-state index < -0.39 is 0 Å². The fourth-order valence-corrected chi connectivity index (χ4v) is 4.84. The quantitative estimate of drug-likeness (QED) is 0.349. The summed E-state index contributed by atoms with van der Waals surface area (Å²) in [7, 11) is 0. The van der Waals surface area contributed by atoms with Crippen molar-refractivity contribution < 1.29 is 9.47 Å². The lowest BCUT2D eigenvalue weighted by Gasteiger charge is -2.33. The third-order valence-corrected chi connectivity index (χ3v) is 7.33. The summed E-state index contributed by atoms with van der Waals surface area (Å²) in [5.41, 5.74) is 3.41. The number of hydrogen-bond acceptors (Lipinski definition) is 7. The predicted octanol–water partition coefficient (Wildman–Crippen LogP) is 4.85. The minimum atomic E-state index is -0.241. The van der Waals surface area contributed by atoms with E-state index >= 15 is 0 Å². The van der Waals surface area contributed by atoms with Crippen molar-refractivity contribution in [2.45, 2.75) is 72.1 Å². The second kappa shape index (κ2) is 9.97. The highest BCUT2D eigenvalue weighted by Gasteiger charge is 2.31. The second-order valence-electron chi connectivity index (χ2n) is 10.3. The van der Waals surface area contributed by atoms with Crippen molar-refractivity contribution in [3.63, 3.8) is 0 Å². The van der Waals surface area contributed by atoms with Crippen LogP contribution in [0.25, 0.3) is 10.9 Å². The highest BCUT2D eigenvalue weighted by molar-refractivity contribution is 5.79. The zero-order valence-corrected chi connectivity index (χ0v) is 22.1. The van der Waals surface area contributed by atoms with E-state index in [1.54, 1.807) is 0 Å². The molecular formula is C28H34N6O3. The maximum absolute atomic E-state index is 13.2. The summed E-state index contributed by atoms with van der Waals surface area (Å²) in [6.07, 6.45) is 1.66. The Bertz CT molecular complexity index is 1470. The second-order valence-corrected chi connectivity index (χ2v) is 10.3. The summed E-state index contributed by atoms with van der Waals surface area (Å²) in [5, 5.41) is 13.9. The average molecular weight is 503 g/mol. The van der Waals surface area contributed by atoms with Crippen LogP contribution in [0.5, 0.6) is 11.5 Å². The van der Waals surface area contributed by atoms with Gasteiger partial charge in [-0.2, -0.15) is 0 Å². The predicted molar refractivity (Wildman–Crippen MR) is 142 cm³/mol. The van der Waals surface area contributed by atoms with Crippen LogP contribution in [0.3, 0.4) is 0 Å². The van der Waals surface area contributed by atoms with Gasteiger partial charge >= 0.3 is 0 Å². The van der Waals surface area contributed by atoms with E-state index in [-0.39, 0.29) is 23.9 Å². The van der Waals surface area contributed by atoms with Crippen LogP contribution in [0.4, 0.5) is 0 Å². The molecule has 9 heteroatoms. The number of pyridine rings is 1. The number of aromatic nitrogens is 5. The molecule has 2 aromatic carbocycles. The topological polar surface area (TPSA) is 98.2 Å². The number of benzene rings is 2. The van der Waals surface area contributed by atoms with Crippen LogP contribution < -0.4 is 15.0 Å². The average Bonchev–Trinajstić information content (AvgIpc) is 3.55. The smallest absolute Gasteiger partial charge is 0.252 e. The molecule has 0 radical (unpaired) electrons. The van der Waals surface area contributed by atoms with Crippen LogP contribution in [0.2, 0.25) is 0 Å². The Morgan fingerprint density at radius 2 is 1.89 bits per heavy atom. The molecule has 0 aliphatic carbocycles. The monoisotopic (exact) mass is 502 g/mol. The van der Waals surface area contributed by atoms with Gasteiger partial charge in [-0.1, -0.05) is 31.5 Å². The van der Waals surface area contributed by atoms with Crippen LogP contribution in [0.15, 0.2) is 47.3 Å². The van der Waals surface area contributed by atoms with Crippen LogP contribution >= 0.6 is 0 Å². The van der Waals surface area contributed by atoms with Crippen molar-refractivity contribution in [2.24, 2.45) is 0 Å². The molecule has 9 nitrogen and oxygen atoms in total. The van der Waals surface area contributed by atoms with E-state index in [0.717, 1.165) is 52.2 Å². The standard InChI is InChI=1S/C28H34N6O3/c1-6-23(26-30-31-32-34(26)28(4,5)7-2)33(15-19-9-11-24-25(13-19)37-17-36-24)16-21-14-20-12-18(3)8-10-22(20)29-27(21)35/h8-14,23H,6-7,15-17H2,1-5H3,(H,29,35)/t23-/m1/s1. The number of fused-ring (bicyclic) bond motifs is 2. The minimum absolute atomic E-state index is 0.0876. The van der Waals surface area contributed by atoms with Crippen LogP contribution in [0, 0.1) is 6.92 Å². The number of rotatable bonds is 9. The molecule has 0 unspecified atom stereocenters. The number of nitrogens with zero attached hydrogens (tertiary/aromatic N) is 5. The molecule has 0 fully saturated rings. The maximum Gasteiger partial charge on any atom is 0.252 e. The summed E-state index contributed by atoms with van der Waals surface area (Å²) in [4.78, 5) is 18.5. The van der Waals surface area contributed by atoms with E-state index in [1.165, 1.54) is 0 Å². The van der Waals surface area contributed by atoms with Gasteiger partial charge in [0.1, 0.15) is 0 Å². The molecule has 1 atom stereocenters. The number of H-pyrrole nitrogens is 1. The van der Waals surface area contributed by atoms with Crippen LogP contribution in [0.1, 0.15) is 69.1 Å². The maximum atomic E-state index is 13.2. The van der Waals surface area contributed by atoms with Gasteiger partial charge in [-0.05, 0) is 85.3 Å².